The molecule has 0 amide bonds. The van der Waals surface area contributed by atoms with E-state index >= 15 is 0 Å². The van der Waals surface area contributed by atoms with Crippen molar-refractivity contribution in [3.63, 3.8) is 0 Å². The van der Waals surface area contributed by atoms with E-state index in [-0.39, 0.29) is 29.5 Å². The van der Waals surface area contributed by atoms with Crippen LogP contribution in [0.3, 0.4) is 0 Å². The molecule has 0 radical (unpaired) electrons. The highest BCUT2D eigenvalue weighted by atomic mass is 32.2. The van der Waals surface area contributed by atoms with Crippen LogP contribution in [0.4, 0.5) is 0 Å². The maximum absolute atomic E-state index is 12.3. The Morgan fingerprint density at radius 3 is 1.85 bits per heavy atom. The molecule has 0 fully saturated rings. The summed E-state index contributed by atoms with van der Waals surface area (Å²) in [5.74, 6) is 0. The maximum Gasteiger partial charge on any atom is 0.240 e. The van der Waals surface area contributed by atoms with Gasteiger partial charge in [0.2, 0.25) is 20.0 Å². The molecule has 0 aliphatic heterocycles. The molecule has 9 heteroatoms. The lowest BCUT2D eigenvalue weighted by Crippen LogP contribution is -2.27. The number of benzene rings is 2. The van der Waals surface area contributed by atoms with Crippen LogP contribution in [0.2, 0.25) is 0 Å². The van der Waals surface area contributed by atoms with Crippen molar-refractivity contribution >= 4 is 20.0 Å². The van der Waals surface area contributed by atoms with Gasteiger partial charge in [0.15, 0.2) is 0 Å². The Bertz CT molecular complexity index is 922. The van der Waals surface area contributed by atoms with E-state index in [1.807, 2.05) is 6.92 Å². The van der Waals surface area contributed by atoms with Crippen LogP contribution in [0.5, 0.6) is 0 Å². The summed E-state index contributed by atoms with van der Waals surface area (Å²) in [5, 5.41) is 0. The Hall–Kier alpha value is -1.78. The molecule has 0 aliphatic carbocycles. The van der Waals surface area contributed by atoms with Gasteiger partial charge in [-0.3, -0.25) is 0 Å². The number of sulfonamides is 2. The smallest absolute Gasteiger partial charge is 0.240 e. The molecule has 2 aromatic rings. The van der Waals surface area contributed by atoms with E-state index in [2.05, 4.69) is 9.44 Å². The van der Waals surface area contributed by atoms with Gasteiger partial charge in [-0.25, -0.2) is 26.3 Å². The lowest BCUT2D eigenvalue weighted by atomic mass is 10.2. The SMILES string of the molecule is COCCNS(=O)(=O)c1ccc(CNS(=O)(=O)c2ccc(C)cc2)cc1. The molecule has 26 heavy (non-hydrogen) atoms. The van der Waals surface area contributed by atoms with Crippen LogP contribution in [-0.4, -0.2) is 37.1 Å². The predicted molar refractivity (Wildman–Crippen MR) is 98.7 cm³/mol. The first-order chi connectivity index (χ1) is 12.2. The summed E-state index contributed by atoms with van der Waals surface area (Å²) in [4.78, 5) is 0.295. The van der Waals surface area contributed by atoms with Crippen molar-refractivity contribution in [3.8, 4) is 0 Å². The minimum atomic E-state index is -3.62. The van der Waals surface area contributed by atoms with E-state index in [9.17, 15) is 16.8 Å². The highest BCUT2D eigenvalue weighted by molar-refractivity contribution is 7.89. The third kappa shape index (κ3) is 5.61. The Morgan fingerprint density at radius 1 is 0.808 bits per heavy atom. The molecular formula is C17H22N2O5S2. The average Bonchev–Trinajstić information content (AvgIpc) is 2.61. The molecule has 0 saturated carbocycles. The number of aryl methyl sites for hydroxylation is 1. The van der Waals surface area contributed by atoms with Crippen molar-refractivity contribution in [2.24, 2.45) is 0 Å². The summed E-state index contributed by atoms with van der Waals surface area (Å²) >= 11 is 0. The van der Waals surface area contributed by atoms with E-state index in [0.717, 1.165) is 5.56 Å². The fraction of sp³-hybridized carbons (Fsp3) is 0.294. The van der Waals surface area contributed by atoms with E-state index in [0.29, 0.717) is 5.56 Å². The van der Waals surface area contributed by atoms with Gasteiger partial charge in [0.25, 0.3) is 0 Å². The fourth-order valence-corrected chi connectivity index (χ4v) is 4.16. The molecule has 2 aromatic carbocycles. The van der Waals surface area contributed by atoms with Crippen LogP contribution in [0.25, 0.3) is 0 Å². The lowest BCUT2D eigenvalue weighted by molar-refractivity contribution is 0.204. The molecule has 0 unspecified atom stereocenters. The predicted octanol–water partition coefficient (Wildman–Crippen LogP) is 1.40. The lowest BCUT2D eigenvalue weighted by Gasteiger charge is -2.09. The van der Waals surface area contributed by atoms with Crippen LogP contribution >= 0.6 is 0 Å². The monoisotopic (exact) mass is 398 g/mol. The van der Waals surface area contributed by atoms with Gasteiger partial charge in [0.05, 0.1) is 16.4 Å². The van der Waals surface area contributed by atoms with Crippen LogP contribution in [-0.2, 0) is 31.3 Å². The molecule has 0 heterocycles. The summed E-state index contributed by atoms with van der Waals surface area (Å²) < 4.78 is 58.4. The maximum atomic E-state index is 12.3. The zero-order chi connectivity index (χ0) is 19.2. The molecule has 0 saturated heterocycles. The first-order valence-corrected chi connectivity index (χ1v) is 10.8. The standard InChI is InChI=1S/C17H22N2O5S2/c1-14-3-7-16(8-4-14)26(22,23)19-13-15-5-9-17(10-6-15)25(20,21)18-11-12-24-2/h3-10,18-19H,11-13H2,1-2H3. The third-order valence-electron chi connectivity index (χ3n) is 3.63. The third-order valence-corrected chi connectivity index (χ3v) is 6.52. The highest BCUT2D eigenvalue weighted by Gasteiger charge is 2.15. The molecule has 0 atom stereocenters. The normalized spacial score (nSPS) is 12.2. The summed E-state index contributed by atoms with van der Waals surface area (Å²) in [5.41, 5.74) is 1.62. The minimum Gasteiger partial charge on any atom is -0.383 e. The quantitative estimate of drug-likeness (QED) is 0.622. The Labute approximate surface area is 154 Å². The van der Waals surface area contributed by atoms with Crippen molar-refractivity contribution < 1.29 is 21.6 Å². The first-order valence-electron chi connectivity index (χ1n) is 7.88. The van der Waals surface area contributed by atoms with Crippen molar-refractivity contribution in [3.05, 3.63) is 59.7 Å². The number of ether oxygens (including phenoxy) is 1. The van der Waals surface area contributed by atoms with Gasteiger partial charge >= 0.3 is 0 Å². The molecule has 0 bridgehead atoms. The second-order valence-electron chi connectivity index (χ2n) is 5.67. The van der Waals surface area contributed by atoms with Gasteiger partial charge in [0, 0.05) is 20.2 Å². The molecule has 2 N–H and O–H groups in total. The number of rotatable bonds is 9. The van der Waals surface area contributed by atoms with Crippen LogP contribution in [0, 0.1) is 6.92 Å². The van der Waals surface area contributed by atoms with E-state index in [4.69, 9.17) is 4.74 Å². The topological polar surface area (TPSA) is 102 Å². The summed E-state index contributed by atoms with van der Waals surface area (Å²) in [7, 11) is -5.74. The molecule has 0 aromatic heterocycles. The van der Waals surface area contributed by atoms with Gasteiger partial charge in [-0.2, -0.15) is 0 Å². The second-order valence-corrected chi connectivity index (χ2v) is 9.21. The van der Waals surface area contributed by atoms with E-state index in [1.165, 1.54) is 19.2 Å². The molecular weight excluding hydrogens is 376 g/mol. The largest absolute Gasteiger partial charge is 0.383 e. The van der Waals surface area contributed by atoms with Crippen molar-refractivity contribution in [1.82, 2.24) is 9.44 Å². The van der Waals surface area contributed by atoms with Gasteiger partial charge in [-0.15, -0.1) is 0 Å². The summed E-state index contributed by atoms with van der Waals surface area (Å²) in [6, 6.07) is 12.5. The molecule has 0 spiro atoms. The van der Waals surface area contributed by atoms with Gasteiger partial charge < -0.3 is 4.74 Å². The second kappa shape index (κ2) is 8.74. The number of hydrogen-bond donors (Lipinski definition) is 2. The van der Waals surface area contributed by atoms with Crippen LogP contribution < -0.4 is 9.44 Å². The highest BCUT2D eigenvalue weighted by Crippen LogP contribution is 2.13. The van der Waals surface area contributed by atoms with Crippen LogP contribution in [0.15, 0.2) is 58.3 Å². The van der Waals surface area contributed by atoms with E-state index < -0.39 is 20.0 Å². The van der Waals surface area contributed by atoms with Crippen molar-refractivity contribution in [2.45, 2.75) is 23.3 Å². The summed E-state index contributed by atoms with van der Waals surface area (Å²) in [6.07, 6.45) is 0. The average molecular weight is 399 g/mol. The Kier molecular flexibility index (Phi) is 6.90. The first kappa shape index (κ1) is 20.5. The summed E-state index contributed by atoms with van der Waals surface area (Å²) in [6.45, 7) is 2.40. The molecule has 0 aliphatic rings. The zero-order valence-electron chi connectivity index (χ0n) is 14.6. The van der Waals surface area contributed by atoms with Gasteiger partial charge in [-0.05, 0) is 36.8 Å². The van der Waals surface area contributed by atoms with Crippen LogP contribution in [0.1, 0.15) is 11.1 Å². The van der Waals surface area contributed by atoms with Crippen molar-refractivity contribution in [2.75, 3.05) is 20.3 Å². The number of hydrogen-bond acceptors (Lipinski definition) is 5. The molecule has 2 rings (SSSR count). The minimum absolute atomic E-state index is 0.0631. The Balaban J connectivity index is 2.02. The Morgan fingerprint density at radius 2 is 1.31 bits per heavy atom. The molecule has 7 nitrogen and oxygen atoms in total. The van der Waals surface area contributed by atoms with E-state index in [1.54, 1.807) is 36.4 Å². The number of nitrogens with one attached hydrogen (secondary N) is 2. The molecule has 142 valence electrons. The zero-order valence-corrected chi connectivity index (χ0v) is 16.2. The van der Waals surface area contributed by atoms with Gasteiger partial charge in [0.1, 0.15) is 0 Å². The number of methoxy groups -OCH3 is 1. The van der Waals surface area contributed by atoms with Gasteiger partial charge in [-0.1, -0.05) is 29.8 Å². The fourth-order valence-electron chi connectivity index (χ4n) is 2.13. The van der Waals surface area contributed by atoms with Crippen molar-refractivity contribution in [1.29, 1.82) is 0 Å².